The number of methoxy groups -OCH3 is 2. The maximum Gasteiger partial charge on any atom is 0.258 e. The summed E-state index contributed by atoms with van der Waals surface area (Å²) >= 11 is 0. The summed E-state index contributed by atoms with van der Waals surface area (Å²) in [6.07, 6.45) is 5.30. The topological polar surface area (TPSA) is 69.5 Å². The lowest BCUT2D eigenvalue weighted by Gasteiger charge is -2.26. The van der Waals surface area contributed by atoms with Gasteiger partial charge in [0.1, 0.15) is 12.2 Å². The molecule has 2 heterocycles. The number of hydrogen-bond acceptors (Lipinski definition) is 5. The second-order valence-electron chi connectivity index (χ2n) is 7.33. The number of amides is 1. The molecule has 0 aliphatic carbocycles. The van der Waals surface area contributed by atoms with Crippen LogP contribution in [0, 0.1) is 0 Å². The van der Waals surface area contributed by atoms with Crippen molar-refractivity contribution >= 4 is 5.91 Å². The quantitative estimate of drug-likeness (QED) is 0.600. The molecule has 1 aliphatic heterocycles. The summed E-state index contributed by atoms with van der Waals surface area (Å²) in [5.41, 5.74) is 1.58. The molecule has 1 atom stereocenters. The highest BCUT2D eigenvalue weighted by Gasteiger charge is 2.31. The Balaban J connectivity index is 1.49. The highest BCUT2D eigenvalue weighted by atomic mass is 16.5. The Kier molecular flexibility index (Phi) is 5.97. The molecular weight excluding hydrogens is 380 g/mol. The largest absolute Gasteiger partial charge is 0.493 e. The van der Waals surface area contributed by atoms with Gasteiger partial charge in [-0.2, -0.15) is 0 Å². The number of carbonyl (C=O) groups is 1. The fraction of sp³-hybridized carbons (Fsp3) is 0.348. The molecule has 4 rings (SSSR count). The number of likely N-dealkylation sites (tertiary alicyclic amines) is 1. The average molecular weight is 406 g/mol. The summed E-state index contributed by atoms with van der Waals surface area (Å²) in [7, 11) is 3.14. The van der Waals surface area contributed by atoms with Crippen LogP contribution in [0.1, 0.15) is 35.4 Å². The number of hydrogen-bond donors (Lipinski definition) is 0. The summed E-state index contributed by atoms with van der Waals surface area (Å²) in [5, 5.41) is 8.39. The van der Waals surface area contributed by atoms with E-state index >= 15 is 0 Å². The number of para-hydroxylation sites is 2. The van der Waals surface area contributed by atoms with Crippen molar-refractivity contribution in [1.29, 1.82) is 0 Å². The van der Waals surface area contributed by atoms with E-state index in [0.29, 0.717) is 17.1 Å². The molecule has 30 heavy (non-hydrogen) atoms. The van der Waals surface area contributed by atoms with Gasteiger partial charge in [-0.25, -0.2) is 0 Å². The Labute approximate surface area is 176 Å². The van der Waals surface area contributed by atoms with Crippen molar-refractivity contribution in [3.8, 4) is 17.2 Å². The van der Waals surface area contributed by atoms with Gasteiger partial charge in [-0.15, -0.1) is 10.2 Å². The maximum absolute atomic E-state index is 13.3. The Bertz CT molecular complexity index is 1000. The third-order valence-electron chi connectivity index (χ3n) is 5.63. The van der Waals surface area contributed by atoms with E-state index in [0.717, 1.165) is 43.7 Å². The van der Waals surface area contributed by atoms with Crippen molar-refractivity contribution < 1.29 is 14.3 Å². The second-order valence-corrected chi connectivity index (χ2v) is 7.33. The molecule has 7 nitrogen and oxygen atoms in total. The first-order chi connectivity index (χ1) is 14.7. The molecule has 0 bridgehead atoms. The van der Waals surface area contributed by atoms with Crippen LogP contribution in [0.4, 0.5) is 0 Å². The van der Waals surface area contributed by atoms with Crippen LogP contribution in [0.15, 0.2) is 54.9 Å². The maximum atomic E-state index is 13.3. The van der Waals surface area contributed by atoms with Crippen LogP contribution < -0.4 is 9.47 Å². The third-order valence-corrected chi connectivity index (χ3v) is 5.63. The molecule has 0 radical (unpaired) electrons. The Hall–Kier alpha value is -3.35. The van der Waals surface area contributed by atoms with Gasteiger partial charge >= 0.3 is 0 Å². The van der Waals surface area contributed by atoms with Gasteiger partial charge in [0.05, 0.1) is 19.8 Å². The summed E-state index contributed by atoms with van der Waals surface area (Å²) in [6.45, 7) is 0.745. The molecule has 1 fully saturated rings. The molecule has 1 amide bonds. The number of carbonyl (C=O) groups excluding carboxylic acids is 1. The first kappa shape index (κ1) is 19.9. The lowest BCUT2D eigenvalue weighted by atomic mass is 10.1. The highest BCUT2D eigenvalue weighted by Crippen LogP contribution is 2.33. The molecule has 3 aromatic rings. The van der Waals surface area contributed by atoms with Crippen LogP contribution in [0.25, 0.3) is 5.69 Å². The average Bonchev–Trinajstić information content (AvgIpc) is 3.46. The van der Waals surface area contributed by atoms with Crippen LogP contribution >= 0.6 is 0 Å². The van der Waals surface area contributed by atoms with Crippen molar-refractivity contribution in [2.75, 3.05) is 20.8 Å². The van der Waals surface area contributed by atoms with Crippen molar-refractivity contribution in [2.24, 2.45) is 0 Å². The number of rotatable bonds is 7. The number of nitrogens with zero attached hydrogens (tertiary/aromatic N) is 4. The summed E-state index contributed by atoms with van der Waals surface area (Å²) < 4.78 is 12.8. The van der Waals surface area contributed by atoms with Gasteiger partial charge in [-0.1, -0.05) is 24.3 Å². The van der Waals surface area contributed by atoms with Crippen LogP contribution in [-0.4, -0.2) is 52.4 Å². The molecule has 0 N–H and O–H groups in total. The molecule has 2 aromatic carbocycles. The minimum atomic E-state index is -0.0159. The fourth-order valence-corrected chi connectivity index (χ4v) is 4.14. The molecule has 7 heteroatoms. The van der Waals surface area contributed by atoms with Gasteiger partial charge in [0.15, 0.2) is 11.5 Å². The minimum absolute atomic E-state index is 0.0159. The standard InChI is InChI=1S/C23H26N4O3/c1-29-20-12-6-11-19(22(20)30-2)23(28)26-15-7-10-18(26)13-14-21-25-24-16-27(21)17-8-4-3-5-9-17/h3-6,8-9,11-12,16,18H,7,10,13-15H2,1-2H3. The van der Waals surface area contributed by atoms with E-state index in [4.69, 9.17) is 9.47 Å². The van der Waals surface area contributed by atoms with E-state index in [1.807, 2.05) is 45.9 Å². The Morgan fingerprint density at radius 3 is 2.70 bits per heavy atom. The minimum Gasteiger partial charge on any atom is -0.493 e. The van der Waals surface area contributed by atoms with Gasteiger partial charge in [0.25, 0.3) is 5.91 Å². The first-order valence-corrected chi connectivity index (χ1v) is 10.2. The van der Waals surface area contributed by atoms with Crippen LogP contribution in [0.2, 0.25) is 0 Å². The molecular formula is C23H26N4O3. The van der Waals surface area contributed by atoms with Gasteiger partial charge in [0, 0.05) is 24.7 Å². The number of benzene rings is 2. The molecule has 0 saturated carbocycles. The molecule has 1 saturated heterocycles. The van der Waals surface area contributed by atoms with Gasteiger partial charge in [0.2, 0.25) is 0 Å². The molecule has 1 unspecified atom stereocenters. The molecule has 1 aliphatic rings. The normalized spacial score (nSPS) is 15.9. The van der Waals surface area contributed by atoms with Gasteiger partial charge in [-0.05, 0) is 43.5 Å². The van der Waals surface area contributed by atoms with E-state index < -0.39 is 0 Å². The summed E-state index contributed by atoms with van der Waals surface area (Å²) in [6, 6.07) is 15.6. The molecule has 0 spiro atoms. The zero-order valence-corrected chi connectivity index (χ0v) is 17.3. The highest BCUT2D eigenvalue weighted by molar-refractivity contribution is 5.98. The lowest BCUT2D eigenvalue weighted by molar-refractivity contribution is 0.0726. The van der Waals surface area contributed by atoms with Crippen molar-refractivity contribution in [2.45, 2.75) is 31.7 Å². The molecule has 156 valence electrons. The second kappa shape index (κ2) is 8.98. The van der Waals surface area contributed by atoms with Crippen molar-refractivity contribution in [1.82, 2.24) is 19.7 Å². The van der Waals surface area contributed by atoms with Gasteiger partial charge < -0.3 is 14.4 Å². The van der Waals surface area contributed by atoms with Crippen LogP contribution in [-0.2, 0) is 6.42 Å². The van der Waals surface area contributed by atoms with Crippen molar-refractivity contribution in [3.63, 3.8) is 0 Å². The predicted molar refractivity (Wildman–Crippen MR) is 113 cm³/mol. The third kappa shape index (κ3) is 3.87. The fourth-order valence-electron chi connectivity index (χ4n) is 4.14. The zero-order chi connectivity index (χ0) is 20.9. The van der Waals surface area contributed by atoms with E-state index in [1.54, 1.807) is 32.7 Å². The number of aromatic nitrogens is 3. The van der Waals surface area contributed by atoms with E-state index in [-0.39, 0.29) is 11.9 Å². The predicted octanol–water partition coefficient (Wildman–Crippen LogP) is 3.52. The number of ether oxygens (including phenoxy) is 2. The smallest absolute Gasteiger partial charge is 0.258 e. The Morgan fingerprint density at radius 2 is 1.93 bits per heavy atom. The van der Waals surface area contributed by atoms with E-state index in [2.05, 4.69) is 10.2 Å². The zero-order valence-electron chi connectivity index (χ0n) is 17.3. The summed E-state index contributed by atoms with van der Waals surface area (Å²) in [4.78, 5) is 15.3. The summed E-state index contributed by atoms with van der Waals surface area (Å²) in [5.74, 6) is 1.94. The number of aryl methyl sites for hydroxylation is 1. The van der Waals surface area contributed by atoms with Gasteiger partial charge in [-0.3, -0.25) is 9.36 Å². The van der Waals surface area contributed by atoms with E-state index in [9.17, 15) is 4.79 Å². The van der Waals surface area contributed by atoms with Crippen LogP contribution in [0.3, 0.4) is 0 Å². The SMILES string of the molecule is COc1cccc(C(=O)N2CCCC2CCc2nncn2-c2ccccc2)c1OC. The van der Waals surface area contributed by atoms with Crippen LogP contribution in [0.5, 0.6) is 11.5 Å². The van der Waals surface area contributed by atoms with E-state index in [1.165, 1.54) is 0 Å². The monoisotopic (exact) mass is 406 g/mol. The Morgan fingerprint density at radius 1 is 1.10 bits per heavy atom. The van der Waals surface area contributed by atoms with Crippen molar-refractivity contribution in [3.05, 3.63) is 66.2 Å². The first-order valence-electron chi connectivity index (χ1n) is 10.2. The molecule has 1 aromatic heterocycles. The lowest BCUT2D eigenvalue weighted by Crippen LogP contribution is -2.36.